The maximum absolute atomic E-state index is 12.0. The summed E-state index contributed by atoms with van der Waals surface area (Å²) in [6, 6.07) is 13.7. The molecule has 0 heterocycles. The Hall–Kier alpha value is -3.61. The quantitative estimate of drug-likeness (QED) is 0.502. The van der Waals surface area contributed by atoms with Gasteiger partial charge in [0.2, 0.25) is 0 Å². The summed E-state index contributed by atoms with van der Waals surface area (Å²) in [5.74, 6) is -0.611. The predicted molar refractivity (Wildman–Crippen MR) is 111 cm³/mol. The molecule has 7 heteroatoms. The fourth-order valence-corrected chi connectivity index (χ4v) is 2.39. The van der Waals surface area contributed by atoms with Gasteiger partial charge in [-0.1, -0.05) is 18.2 Å². The fraction of sp³-hybridized carbons (Fsp3) is 0.227. The van der Waals surface area contributed by atoms with E-state index >= 15 is 0 Å². The molecule has 0 fully saturated rings. The molecule has 0 aromatic heterocycles. The van der Waals surface area contributed by atoms with Crippen molar-refractivity contribution in [1.29, 1.82) is 0 Å². The first-order chi connectivity index (χ1) is 14.0. The summed E-state index contributed by atoms with van der Waals surface area (Å²) in [6.45, 7) is 4.38. The molecule has 2 amide bonds. The van der Waals surface area contributed by atoms with Gasteiger partial charge in [0.1, 0.15) is 5.75 Å². The molecule has 0 aliphatic carbocycles. The van der Waals surface area contributed by atoms with Crippen LogP contribution in [-0.4, -0.2) is 37.5 Å². The number of hydrogen-bond acceptors (Lipinski definition) is 5. The minimum absolute atomic E-state index is 0.227. The second-order valence-electron chi connectivity index (χ2n) is 5.93. The van der Waals surface area contributed by atoms with Crippen LogP contribution in [0.1, 0.15) is 29.8 Å². The van der Waals surface area contributed by atoms with Crippen LogP contribution in [0.3, 0.4) is 0 Å². The molecule has 0 unspecified atom stereocenters. The molecular formula is C22H24N2O5. The Kier molecular flexibility index (Phi) is 8.44. The Morgan fingerprint density at radius 1 is 1.03 bits per heavy atom. The van der Waals surface area contributed by atoms with Crippen LogP contribution in [0.5, 0.6) is 5.75 Å². The van der Waals surface area contributed by atoms with Crippen LogP contribution in [0.4, 0.5) is 5.69 Å². The lowest BCUT2D eigenvalue weighted by Gasteiger charge is -2.07. The van der Waals surface area contributed by atoms with E-state index in [1.54, 1.807) is 42.5 Å². The molecular weight excluding hydrogens is 372 g/mol. The molecule has 152 valence electrons. The number of ether oxygens (including phenoxy) is 2. The van der Waals surface area contributed by atoms with E-state index in [1.165, 1.54) is 6.08 Å². The first kappa shape index (κ1) is 21.7. The van der Waals surface area contributed by atoms with Gasteiger partial charge in [0, 0.05) is 23.9 Å². The highest BCUT2D eigenvalue weighted by molar-refractivity contribution is 5.98. The van der Waals surface area contributed by atoms with Crippen LogP contribution >= 0.6 is 0 Å². The number of amides is 2. The van der Waals surface area contributed by atoms with E-state index in [0.29, 0.717) is 24.4 Å². The van der Waals surface area contributed by atoms with E-state index in [2.05, 4.69) is 10.6 Å². The summed E-state index contributed by atoms with van der Waals surface area (Å²) >= 11 is 0. The second-order valence-corrected chi connectivity index (χ2v) is 5.93. The maximum atomic E-state index is 12.0. The Labute approximate surface area is 169 Å². The zero-order valence-corrected chi connectivity index (χ0v) is 16.4. The zero-order chi connectivity index (χ0) is 21.1. The first-order valence-electron chi connectivity index (χ1n) is 9.27. The number of anilines is 1. The average molecular weight is 396 g/mol. The molecule has 0 spiro atoms. The molecule has 7 nitrogen and oxygen atoms in total. The van der Waals surface area contributed by atoms with Crippen LogP contribution < -0.4 is 15.4 Å². The number of carbonyl (C=O) groups is 3. The van der Waals surface area contributed by atoms with Crippen molar-refractivity contribution in [3.8, 4) is 5.75 Å². The number of esters is 1. The molecule has 0 bridgehead atoms. The van der Waals surface area contributed by atoms with Gasteiger partial charge in [0.05, 0.1) is 6.61 Å². The normalized spacial score (nSPS) is 10.4. The largest absolute Gasteiger partial charge is 0.494 e. The summed E-state index contributed by atoms with van der Waals surface area (Å²) in [7, 11) is 0. The molecule has 0 saturated heterocycles. The minimum atomic E-state index is -0.634. The Morgan fingerprint density at radius 2 is 1.79 bits per heavy atom. The molecule has 2 aromatic rings. The van der Waals surface area contributed by atoms with Crippen molar-refractivity contribution in [1.82, 2.24) is 5.32 Å². The maximum Gasteiger partial charge on any atom is 0.331 e. The highest BCUT2D eigenvalue weighted by Gasteiger charge is 2.08. The van der Waals surface area contributed by atoms with Crippen molar-refractivity contribution < 1.29 is 23.9 Å². The van der Waals surface area contributed by atoms with E-state index in [4.69, 9.17) is 9.47 Å². The Morgan fingerprint density at radius 3 is 2.48 bits per heavy atom. The number of rotatable bonds is 9. The van der Waals surface area contributed by atoms with Gasteiger partial charge in [-0.05, 0) is 55.8 Å². The third kappa shape index (κ3) is 7.50. The summed E-state index contributed by atoms with van der Waals surface area (Å²) < 4.78 is 10.3. The lowest BCUT2D eigenvalue weighted by molar-refractivity contribution is -0.142. The van der Waals surface area contributed by atoms with Gasteiger partial charge in [-0.3, -0.25) is 9.59 Å². The summed E-state index contributed by atoms with van der Waals surface area (Å²) in [6.07, 6.45) is 2.84. The molecule has 0 aliphatic heterocycles. The number of carbonyl (C=O) groups excluding carboxylic acids is 3. The van der Waals surface area contributed by atoms with E-state index < -0.39 is 18.5 Å². The van der Waals surface area contributed by atoms with E-state index in [-0.39, 0.29) is 5.91 Å². The highest BCUT2D eigenvalue weighted by Crippen LogP contribution is 2.13. The van der Waals surface area contributed by atoms with Crippen molar-refractivity contribution in [2.24, 2.45) is 0 Å². The van der Waals surface area contributed by atoms with Crippen LogP contribution in [0.25, 0.3) is 6.08 Å². The van der Waals surface area contributed by atoms with Crippen molar-refractivity contribution >= 4 is 29.5 Å². The molecule has 2 aromatic carbocycles. The fourth-order valence-electron chi connectivity index (χ4n) is 2.39. The molecule has 29 heavy (non-hydrogen) atoms. The monoisotopic (exact) mass is 396 g/mol. The molecule has 0 atom stereocenters. The van der Waals surface area contributed by atoms with Gasteiger partial charge < -0.3 is 20.1 Å². The predicted octanol–water partition coefficient (Wildman–Crippen LogP) is 3.03. The van der Waals surface area contributed by atoms with Crippen LogP contribution in [0, 0.1) is 0 Å². The van der Waals surface area contributed by atoms with E-state index in [0.717, 1.165) is 11.3 Å². The van der Waals surface area contributed by atoms with Gasteiger partial charge in [-0.2, -0.15) is 0 Å². The average Bonchev–Trinajstić information content (AvgIpc) is 2.72. The third-order valence-corrected chi connectivity index (χ3v) is 3.69. The molecule has 0 saturated carbocycles. The van der Waals surface area contributed by atoms with E-state index in [1.807, 2.05) is 26.0 Å². The smallest absolute Gasteiger partial charge is 0.331 e. The Bertz CT molecular complexity index is 875. The minimum Gasteiger partial charge on any atom is -0.494 e. The van der Waals surface area contributed by atoms with Crippen molar-refractivity contribution in [3.05, 3.63) is 65.7 Å². The van der Waals surface area contributed by atoms with Crippen molar-refractivity contribution in [3.63, 3.8) is 0 Å². The van der Waals surface area contributed by atoms with Crippen molar-refractivity contribution in [2.45, 2.75) is 13.8 Å². The van der Waals surface area contributed by atoms with Crippen molar-refractivity contribution in [2.75, 3.05) is 25.1 Å². The van der Waals surface area contributed by atoms with Crippen LogP contribution in [-0.2, 0) is 14.3 Å². The number of benzene rings is 2. The molecule has 0 aliphatic rings. The summed E-state index contributed by atoms with van der Waals surface area (Å²) in [4.78, 5) is 35.6. The second kappa shape index (κ2) is 11.3. The summed E-state index contributed by atoms with van der Waals surface area (Å²) in [5, 5.41) is 5.28. The zero-order valence-electron chi connectivity index (χ0n) is 16.4. The molecule has 0 radical (unpaired) electrons. The van der Waals surface area contributed by atoms with Gasteiger partial charge in [0.15, 0.2) is 6.61 Å². The molecule has 2 N–H and O–H groups in total. The number of hydrogen-bond donors (Lipinski definition) is 2. The van der Waals surface area contributed by atoms with Gasteiger partial charge >= 0.3 is 5.97 Å². The lowest BCUT2D eigenvalue weighted by Crippen LogP contribution is -2.23. The van der Waals surface area contributed by atoms with Gasteiger partial charge in [-0.15, -0.1) is 0 Å². The van der Waals surface area contributed by atoms with Gasteiger partial charge in [0.25, 0.3) is 11.8 Å². The standard InChI is InChI=1S/C22H24N2O5/c1-3-23-22(27)17-6-5-7-18(14-17)24-20(25)15-29-21(26)13-10-16-8-11-19(12-9-16)28-4-2/h5-14H,3-4,15H2,1-2H3,(H,23,27)(H,24,25)/b13-10+. The van der Waals surface area contributed by atoms with Crippen LogP contribution in [0.2, 0.25) is 0 Å². The Balaban J connectivity index is 1.82. The first-order valence-corrected chi connectivity index (χ1v) is 9.27. The molecule has 2 rings (SSSR count). The highest BCUT2D eigenvalue weighted by atomic mass is 16.5. The summed E-state index contributed by atoms with van der Waals surface area (Å²) in [5.41, 5.74) is 1.68. The van der Waals surface area contributed by atoms with E-state index in [9.17, 15) is 14.4 Å². The lowest BCUT2D eigenvalue weighted by atomic mass is 10.2. The topological polar surface area (TPSA) is 93.7 Å². The number of nitrogens with one attached hydrogen (secondary N) is 2. The van der Waals surface area contributed by atoms with Gasteiger partial charge in [-0.25, -0.2) is 4.79 Å². The third-order valence-electron chi connectivity index (χ3n) is 3.69. The SMILES string of the molecule is CCNC(=O)c1cccc(NC(=O)COC(=O)/C=C/c2ccc(OCC)cc2)c1. The van der Waals surface area contributed by atoms with Crippen LogP contribution in [0.15, 0.2) is 54.6 Å².